The fraction of sp³-hybridized carbons (Fsp3) is 0.353. The Hall–Kier alpha value is -1.71. The third-order valence-electron chi connectivity index (χ3n) is 3.96. The van der Waals surface area contributed by atoms with Crippen LogP contribution in [0.1, 0.15) is 20.8 Å². The Bertz CT molecular complexity index is 824. The van der Waals surface area contributed by atoms with Crippen LogP contribution in [-0.2, 0) is 4.74 Å². The maximum Gasteiger partial charge on any atom is 0.270 e. The molecule has 0 radical (unpaired) electrons. The number of rotatable bonds is 6. The van der Waals surface area contributed by atoms with Crippen LogP contribution >= 0.6 is 34.5 Å². The minimum atomic E-state index is -0.373. The van der Waals surface area contributed by atoms with Crippen LogP contribution in [0.3, 0.4) is 0 Å². The zero-order valence-corrected chi connectivity index (χ0v) is 16.7. The highest BCUT2D eigenvalue weighted by Gasteiger charge is 2.15. The SMILES string of the molecule is O=C(Nc1nc(C(=O)NCCN2CCOCC2)cs1)c1ccc(Cl)c(Cl)c1. The van der Waals surface area contributed by atoms with Crippen LogP contribution in [0.15, 0.2) is 23.6 Å². The number of carbonyl (C=O) groups is 2. The molecule has 0 saturated carbocycles. The molecule has 2 N–H and O–H groups in total. The molecule has 1 saturated heterocycles. The molecule has 2 amide bonds. The zero-order chi connectivity index (χ0) is 19.2. The van der Waals surface area contributed by atoms with Gasteiger partial charge in [0.25, 0.3) is 11.8 Å². The van der Waals surface area contributed by atoms with Crippen molar-refractivity contribution in [3.63, 3.8) is 0 Å². The van der Waals surface area contributed by atoms with Crippen LogP contribution in [0.25, 0.3) is 0 Å². The number of benzene rings is 1. The molecule has 3 rings (SSSR count). The van der Waals surface area contributed by atoms with Crippen LogP contribution in [0.2, 0.25) is 10.0 Å². The molecular weight excluding hydrogens is 411 g/mol. The normalized spacial score (nSPS) is 14.7. The van der Waals surface area contributed by atoms with Crippen molar-refractivity contribution in [3.8, 4) is 0 Å². The molecule has 10 heteroatoms. The van der Waals surface area contributed by atoms with Gasteiger partial charge in [-0.25, -0.2) is 4.98 Å². The van der Waals surface area contributed by atoms with Gasteiger partial charge in [0.2, 0.25) is 0 Å². The van der Waals surface area contributed by atoms with Crippen molar-refractivity contribution in [1.29, 1.82) is 0 Å². The molecule has 0 aliphatic carbocycles. The highest BCUT2D eigenvalue weighted by Crippen LogP contribution is 2.23. The fourth-order valence-electron chi connectivity index (χ4n) is 2.48. The van der Waals surface area contributed by atoms with E-state index in [0.717, 1.165) is 32.8 Å². The summed E-state index contributed by atoms with van der Waals surface area (Å²) in [6.07, 6.45) is 0. The molecule has 1 fully saturated rings. The number of amides is 2. The summed E-state index contributed by atoms with van der Waals surface area (Å²) in [6, 6.07) is 4.59. The Morgan fingerprint density at radius 1 is 1.19 bits per heavy atom. The monoisotopic (exact) mass is 428 g/mol. The topological polar surface area (TPSA) is 83.6 Å². The maximum absolute atomic E-state index is 12.2. The van der Waals surface area contributed by atoms with Crippen molar-refractivity contribution < 1.29 is 14.3 Å². The van der Waals surface area contributed by atoms with Gasteiger partial charge in [0.1, 0.15) is 5.69 Å². The second-order valence-electron chi connectivity index (χ2n) is 5.83. The minimum Gasteiger partial charge on any atom is -0.379 e. The van der Waals surface area contributed by atoms with Gasteiger partial charge in [0.15, 0.2) is 5.13 Å². The number of ether oxygens (including phenoxy) is 1. The smallest absolute Gasteiger partial charge is 0.270 e. The van der Waals surface area contributed by atoms with Crippen LogP contribution in [0.5, 0.6) is 0 Å². The number of hydrogen-bond donors (Lipinski definition) is 2. The summed E-state index contributed by atoms with van der Waals surface area (Å²) in [4.78, 5) is 30.8. The number of thiazole rings is 1. The van der Waals surface area contributed by atoms with E-state index in [4.69, 9.17) is 27.9 Å². The van der Waals surface area contributed by atoms with Gasteiger partial charge >= 0.3 is 0 Å². The molecule has 27 heavy (non-hydrogen) atoms. The second-order valence-corrected chi connectivity index (χ2v) is 7.50. The van der Waals surface area contributed by atoms with Crippen LogP contribution in [-0.4, -0.2) is 61.1 Å². The van der Waals surface area contributed by atoms with Crippen LogP contribution in [0.4, 0.5) is 5.13 Å². The number of aromatic nitrogens is 1. The van der Waals surface area contributed by atoms with E-state index >= 15 is 0 Å². The van der Waals surface area contributed by atoms with Gasteiger partial charge in [-0.3, -0.25) is 19.8 Å². The summed E-state index contributed by atoms with van der Waals surface area (Å²) >= 11 is 13.0. The molecule has 144 valence electrons. The minimum absolute atomic E-state index is 0.269. The molecule has 0 spiro atoms. The average Bonchev–Trinajstić information content (AvgIpc) is 3.13. The number of morpholine rings is 1. The lowest BCUT2D eigenvalue weighted by atomic mass is 10.2. The van der Waals surface area contributed by atoms with E-state index < -0.39 is 0 Å². The predicted octanol–water partition coefficient (Wildman–Crippen LogP) is 2.76. The first kappa shape index (κ1) is 20.0. The number of nitrogens with one attached hydrogen (secondary N) is 2. The van der Waals surface area contributed by atoms with Gasteiger partial charge in [0, 0.05) is 37.1 Å². The Kier molecular flexibility index (Phi) is 7.03. The van der Waals surface area contributed by atoms with E-state index in [9.17, 15) is 9.59 Å². The van der Waals surface area contributed by atoms with E-state index in [2.05, 4.69) is 20.5 Å². The van der Waals surface area contributed by atoms with E-state index in [0.29, 0.717) is 27.3 Å². The van der Waals surface area contributed by atoms with Gasteiger partial charge < -0.3 is 10.1 Å². The van der Waals surface area contributed by atoms with Gasteiger partial charge in [-0.1, -0.05) is 23.2 Å². The van der Waals surface area contributed by atoms with E-state index in [1.165, 1.54) is 17.4 Å². The van der Waals surface area contributed by atoms with E-state index in [1.807, 2.05) is 0 Å². The molecule has 0 bridgehead atoms. The highest BCUT2D eigenvalue weighted by atomic mass is 35.5. The third kappa shape index (κ3) is 5.63. The van der Waals surface area contributed by atoms with E-state index in [-0.39, 0.29) is 17.5 Å². The first-order valence-corrected chi connectivity index (χ1v) is 9.97. The molecule has 2 aromatic rings. The maximum atomic E-state index is 12.2. The molecule has 1 aliphatic rings. The van der Waals surface area contributed by atoms with Gasteiger partial charge in [-0.15, -0.1) is 11.3 Å². The van der Waals surface area contributed by atoms with Crippen molar-refractivity contribution in [2.24, 2.45) is 0 Å². The van der Waals surface area contributed by atoms with Crippen molar-refractivity contribution in [1.82, 2.24) is 15.2 Å². The summed E-state index contributed by atoms with van der Waals surface area (Å²) in [6.45, 7) is 4.49. The summed E-state index contributed by atoms with van der Waals surface area (Å²) in [5, 5.41) is 8.10. The average molecular weight is 429 g/mol. The third-order valence-corrected chi connectivity index (χ3v) is 5.45. The quantitative estimate of drug-likeness (QED) is 0.738. The molecule has 0 unspecified atom stereocenters. The Labute approximate surface area is 170 Å². The lowest BCUT2D eigenvalue weighted by molar-refractivity contribution is 0.0383. The summed E-state index contributed by atoms with van der Waals surface area (Å²) in [5.41, 5.74) is 0.627. The number of anilines is 1. The standard InChI is InChI=1S/C17H18Cl2N4O3S/c18-12-2-1-11(9-13(12)19)15(24)22-17-21-14(10-27-17)16(25)20-3-4-23-5-7-26-8-6-23/h1-2,9-10H,3-8H2,(H,20,25)(H,21,22,24). The van der Waals surface area contributed by atoms with Crippen molar-refractivity contribution in [2.75, 3.05) is 44.7 Å². The lowest BCUT2D eigenvalue weighted by Gasteiger charge is -2.26. The zero-order valence-electron chi connectivity index (χ0n) is 14.3. The molecule has 2 heterocycles. The van der Waals surface area contributed by atoms with Gasteiger partial charge in [-0.2, -0.15) is 0 Å². The molecular formula is C17H18Cl2N4O3S. The summed E-state index contributed by atoms with van der Waals surface area (Å²) in [7, 11) is 0. The Morgan fingerprint density at radius 2 is 1.96 bits per heavy atom. The predicted molar refractivity (Wildman–Crippen MR) is 106 cm³/mol. The second kappa shape index (κ2) is 9.48. The van der Waals surface area contributed by atoms with Crippen molar-refractivity contribution >= 4 is 51.5 Å². The highest BCUT2D eigenvalue weighted by molar-refractivity contribution is 7.14. The van der Waals surface area contributed by atoms with Crippen LogP contribution in [0, 0.1) is 0 Å². The van der Waals surface area contributed by atoms with Crippen molar-refractivity contribution in [3.05, 3.63) is 44.9 Å². The molecule has 0 atom stereocenters. The fourth-order valence-corrected chi connectivity index (χ4v) is 3.47. The number of nitrogens with zero attached hydrogens (tertiary/aromatic N) is 2. The van der Waals surface area contributed by atoms with Gasteiger partial charge in [-0.05, 0) is 18.2 Å². The Balaban J connectivity index is 1.50. The first-order chi connectivity index (χ1) is 13.0. The van der Waals surface area contributed by atoms with E-state index in [1.54, 1.807) is 17.5 Å². The largest absolute Gasteiger partial charge is 0.379 e. The molecule has 7 nitrogen and oxygen atoms in total. The molecule has 1 aliphatic heterocycles. The number of halogens is 2. The summed E-state index contributed by atoms with van der Waals surface area (Å²) in [5.74, 6) is -0.642. The number of hydrogen-bond acceptors (Lipinski definition) is 6. The van der Waals surface area contributed by atoms with Crippen LogP contribution < -0.4 is 10.6 Å². The number of carbonyl (C=O) groups excluding carboxylic acids is 2. The lowest BCUT2D eigenvalue weighted by Crippen LogP contribution is -2.41. The molecule has 1 aromatic heterocycles. The van der Waals surface area contributed by atoms with Gasteiger partial charge in [0.05, 0.1) is 23.3 Å². The molecule has 1 aromatic carbocycles. The Morgan fingerprint density at radius 3 is 2.70 bits per heavy atom. The van der Waals surface area contributed by atoms with Crippen molar-refractivity contribution in [2.45, 2.75) is 0 Å². The first-order valence-electron chi connectivity index (χ1n) is 8.33. The summed E-state index contributed by atoms with van der Waals surface area (Å²) < 4.78 is 5.29.